The van der Waals surface area contributed by atoms with Crippen molar-refractivity contribution < 1.29 is 27.8 Å². The molecule has 0 bridgehead atoms. The van der Waals surface area contributed by atoms with Crippen LogP contribution in [0.5, 0.6) is 0 Å². The van der Waals surface area contributed by atoms with Crippen molar-refractivity contribution >= 4 is 23.2 Å². The number of piperazine rings is 1. The van der Waals surface area contributed by atoms with Crippen LogP contribution in [0.1, 0.15) is 62.3 Å². The van der Waals surface area contributed by atoms with Gasteiger partial charge in [-0.25, -0.2) is 23.4 Å². The Bertz CT molecular complexity index is 2510. The largest absolute Gasteiger partial charge is 0.448 e. The number of ether oxygens (including phenoxy) is 2. The molecule has 2 aromatic heterocycles. The summed E-state index contributed by atoms with van der Waals surface area (Å²) in [6.07, 6.45) is 6.10. The second-order valence-corrected chi connectivity index (χ2v) is 16.9. The molecule has 0 spiro atoms. The number of benzene rings is 4. The zero-order valence-electron chi connectivity index (χ0n) is 33.9. The molecule has 60 heavy (non-hydrogen) atoms. The lowest BCUT2D eigenvalue weighted by atomic mass is 9.97. The van der Waals surface area contributed by atoms with Crippen molar-refractivity contribution in [1.82, 2.24) is 34.9 Å². The van der Waals surface area contributed by atoms with Crippen molar-refractivity contribution in [3.05, 3.63) is 126 Å². The lowest BCUT2D eigenvalue weighted by Crippen LogP contribution is -2.54. The maximum Gasteiger partial charge on any atom is 0.410 e. The first-order valence-electron chi connectivity index (χ1n) is 20.6. The molecule has 4 heterocycles. The summed E-state index contributed by atoms with van der Waals surface area (Å²) in [4.78, 5) is 38.9. The molecule has 6 aromatic rings. The van der Waals surface area contributed by atoms with Crippen LogP contribution in [0, 0.1) is 11.6 Å². The van der Waals surface area contributed by atoms with Crippen molar-refractivity contribution in [3.63, 3.8) is 0 Å². The standard InChI is InChI=1S/C47H47F2N7O4/c1-47(2,3)60-46(58)55-20-17-50-31(27-55)23-38-40(48)21-29(22-41(38)49)33-13-8-14-42-44(33)53-43(25-51-42)30-24-52-56(26-30)32-15-18-54(19-16-32)45(57)59-28-39-36-11-6-4-9-34(36)35-10-5-7-12-37(35)39/h4-14,21-22,24-26,31-32,39,50H,15-20,23,27-28H2,1-3H3. The predicted octanol–water partition coefficient (Wildman–Crippen LogP) is 8.78. The lowest BCUT2D eigenvalue weighted by molar-refractivity contribution is 0.0195. The third-order valence-electron chi connectivity index (χ3n) is 11.7. The van der Waals surface area contributed by atoms with E-state index in [1.165, 1.54) is 34.4 Å². The Hall–Kier alpha value is -6.21. The van der Waals surface area contributed by atoms with E-state index in [9.17, 15) is 9.59 Å². The van der Waals surface area contributed by atoms with Gasteiger partial charge >= 0.3 is 12.2 Å². The molecule has 2 aliphatic heterocycles. The Balaban J connectivity index is 0.849. The first-order chi connectivity index (χ1) is 29.0. The van der Waals surface area contributed by atoms with Gasteiger partial charge in [0.15, 0.2) is 0 Å². The molecule has 308 valence electrons. The van der Waals surface area contributed by atoms with E-state index in [1.54, 1.807) is 55.1 Å². The van der Waals surface area contributed by atoms with E-state index in [0.717, 1.165) is 5.56 Å². The molecule has 3 aliphatic rings. The number of hydrogen-bond acceptors (Lipinski definition) is 8. The number of para-hydroxylation sites is 1. The summed E-state index contributed by atoms with van der Waals surface area (Å²) in [6.45, 7) is 8.00. The summed E-state index contributed by atoms with van der Waals surface area (Å²) < 4.78 is 44.9. The van der Waals surface area contributed by atoms with Crippen LogP contribution in [0.2, 0.25) is 0 Å². The van der Waals surface area contributed by atoms with Gasteiger partial charge in [0.25, 0.3) is 0 Å². The molecule has 11 nitrogen and oxygen atoms in total. The molecule has 0 radical (unpaired) electrons. The second-order valence-electron chi connectivity index (χ2n) is 16.9. The third kappa shape index (κ3) is 7.93. The van der Waals surface area contributed by atoms with Gasteiger partial charge in [-0.05, 0) is 86.1 Å². The zero-order chi connectivity index (χ0) is 41.5. The van der Waals surface area contributed by atoms with Gasteiger partial charge in [-0.2, -0.15) is 5.10 Å². The first kappa shape index (κ1) is 39.3. The first-order valence-corrected chi connectivity index (χ1v) is 20.6. The number of fused-ring (bicyclic) bond motifs is 4. The van der Waals surface area contributed by atoms with Crippen molar-refractivity contribution in [3.8, 4) is 33.5 Å². The van der Waals surface area contributed by atoms with Crippen LogP contribution in [0.15, 0.2) is 97.5 Å². The minimum Gasteiger partial charge on any atom is -0.448 e. The Morgan fingerprint density at radius 1 is 0.817 bits per heavy atom. The van der Waals surface area contributed by atoms with Crippen LogP contribution in [-0.4, -0.2) is 92.7 Å². The number of aromatic nitrogens is 4. The van der Waals surface area contributed by atoms with E-state index in [4.69, 9.17) is 14.5 Å². The highest BCUT2D eigenvalue weighted by molar-refractivity contribution is 5.92. The normalized spacial score (nSPS) is 17.1. The number of likely N-dealkylation sites (tertiary alicyclic amines) is 1. The van der Waals surface area contributed by atoms with E-state index < -0.39 is 23.3 Å². The number of halogens is 2. The molecule has 1 atom stereocenters. The number of piperidine rings is 1. The Kier molecular flexibility index (Phi) is 10.5. The molecular weight excluding hydrogens is 765 g/mol. The number of hydrogen-bond donors (Lipinski definition) is 1. The maximum absolute atomic E-state index is 15.8. The topological polar surface area (TPSA) is 115 Å². The molecule has 13 heteroatoms. The van der Waals surface area contributed by atoms with E-state index in [2.05, 4.69) is 39.7 Å². The van der Waals surface area contributed by atoms with Gasteiger partial charge in [0, 0.05) is 67.6 Å². The number of amides is 2. The van der Waals surface area contributed by atoms with Crippen LogP contribution in [0.4, 0.5) is 18.4 Å². The lowest BCUT2D eigenvalue weighted by Gasteiger charge is -2.35. The molecule has 4 aromatic carbocycles. The minimum atomic E-state index is -0.673. The third-order valence-corrected chi connectivity index (χ3v) is 11.7. The fourth-order valence-electron chi connectivity index (χ4n) is 8.73. The highest BCUT2D eigenvalue weighted by Crippen LogP contribution is 2.44. The average Bonchev–Trinajstić information content (AvgIpc) is 3.87. The molecule has 0 saturated carbocycles. The number of carbonyl (C=O) groups is 2. The van der Waals surface area contributed by atoms with Crippen LogP contribution in [-0.2, 0) is 15.9 Å². The SMILES string of the molecule is CC(C)(C)OC(=O)N1CCNC(Cc2c(F)cc(-c3cccc4ncc(-c5cnn(C6CCN(C(=O)OCC7c8ccccc8-c8ccccc87)CC6)c5)nc34)cc2F)C1. The van der Waals surface area contributed by atoms with E-state index in [0.29, 0.717) is 66.9 Å². The average molecular weight is 812 g/mol. The van der Waals surface area contributed by atoms with Crippen molar-refractivity contribution in [1.29, 1.82) is 0 Å². The summed E-state index contributed by atoms with van der Waals surface area (Å²) in [7, 11) is 0. The van der Waals surface area contributed by atoms with E-state index >= 15 is 8.78 Å². The fraction of sp³-hybridized carbons (Fsp3) is 0.340. The number of nitrogens with zero attached hydrogens (tertiary/aromatic N) is 6. The Morgan fingerprint density at radius 3 is 2.20 bits per heavy atom. The zero-order valence-corrected chi connectivity index (χ0v) is 33.9. The summed E-state index contributed by atoms with van der Waals surface area (Å²) in [5, 5.41) is 7.95. The van der Waals surface area contributed by atoms with E-state index in [1.807, 2.05) is 41.2 Å². The molecule has 2 amide bonds. The van der Waals surface area contributed by atoms with Gasteiger partial charge in [-0.3, -0.25) is 9.67 Å². The van der Waals surface area contributed by atoms with Gasteiger partial charge in [-0.15, -0.1) is 0 Å². The number of nitrogens with one attached hydrogen (secondary N) is 1. The molecule has 1 unspecified atom stereocenters. The van der Waals surface area contributed by atoms with Gasteiger partial charge < -0.3 is 24.6 Å². The van der Waals surface area contributed by atoms with Crippen molar-refractivity contribution in [2.45, 2.75) is 63.6 Å². The molecule has 1 aliphatic carbocycles. The number of carbonyl (C=O) groups excluding carboxylic acids is 2. The summed E-state index contributed by atoms with van der Waals surface area (Å²) in [5.74, 6) is -1.34. The van der Waals surface area contributed by atoms with Crippen LogP contribution in [0.25, 0.3) is 44.5 Å². The van der Waals surface area contributed by atoms with Gasteiger partial charge in [0.2, 0.25) is 0 Å². The van der Waals surface area contributed by atoms with Crippen molar-refractivity contribution in [2.24, 2.45) is 0 Å². The van der Waals surface area contributed by atoms with E-state index in [-0.39, 0.29) is 49.2 Å². The quantitative estimate of drug-likeness (QED) is 0.170. The molecule has 2 saturated heterocycles. The smallest absolute Gasteiger partial charge is 0.410 e. The maximum atomic E-state index is 15.8. The molecule has 9 rings (SSSR count). The summed E-state index contributed by atoms with van der Waals surface area (Å²) in [5.41, 5.74) is 7.38. The summed E-state index contributed by atoms with van der Waals surface area (Å²) >= 11 is 0. The van der Waals surface area contributed by atoms with Gasteiger partial charge in [-0.1, -0.05) is 60.7 Å². The van der Waals surface area contributed by atoms with Crippen LogP contribution < -0.4 is 5.32 Å². The van der Waals surface area contributed by atoms with Crippen molar-refractivity contribution in [2.75, 3.05) is 39.3 Å². The Morgan fingerprint density at radius 2 is 1.50 bits per heavy atom. The van der Waals surface area contributed by atoms with Crippen LogP contribution >= 0.6 is 0 Å². The second kappa shape index (κ2) is 16.1. The molecular formula is C47H47F2N7O4. The highest BCUT2D eigenvalue weighted by atomic mass is 19.1. The fourth-order valence-corrected chi connectivity index (χ4v) is 8.73. The summed E-state index contributed by atoms with van der Waals surface area (Å²) in [6, 6.07) is 24.4. The van der Waals surface area contributed by atoms with Gasteiger partial charge in [0.1, 0.15) is 23.8 Å². The molecule has 2 fully saturated rings. The Labute approximate surface area is 347 Å². The molecule has 1 N–H and O–H groups in total. The van der Waals surface area contributed by atoms with Crippen LogP contribution in [0.3, 0.4) is 0 Å². The van der Waals surface area contributed by atoms with Gasteiger partial charge in [0.05, 0.1) is 35.2 Å². The number of rotatable bonds is 7. The predicted molar refractivity (Wildman–Crippen MR) is 224 cm³/mol. The minimum absolute atomic E-state index is 0.00858. The highest BCUT2D eigenvalue weighted by Gasteiger charge is 2.32. The monoisotopic (exact) mass is 811 g/mol.